The summed E-state index contributed by atoms with van der Waals surface area (Å²) in [7, 11) is 0. The van der Waals surface area contributed by atoms with Crippen molar-refractivity contribution in [3.63, 3.8) is 0 Å². The van der Waals surface area contributed by atoms with Gasteiger partial charge in [-0.25, -0.2) is 0 Å². The Morgan fingerprint density at radius 3 is 2.63 bits per heavy atom. The molecule has 2 bridgehead atoms. The number of unbranched alkanes of at least 4 members (excludes halogenated alkanes) is 1. The van der Waals surface area contributed by atoms with E-state index in [1.807, 2.05) is 0 Å². The highest BCUT2D eigenvalue weighted by Gasteiger charge is 2.59. The SMILES string of the molecule is CCCC[C@H](N)C(=O)NC1C2(C)CCC(C2)C1(C)C. The third kappa shape index (κ3) is 2.54. The molecule has 3 nitrogen and oxygen atoms in total. The third-order valence-electron chi connectivity index (χ3n) is 5.76. The van der Waals surface area contributed by atoms with Gasteiger partial charge in [0.05, 0.1) is 6.04 Å². The highest BCUT2D eigenvalue weighted by molar-refractivity contribution is 5.82. The minimum Gasteiger partial charge on any atom is -0.351 e. The molecule has 0 heterocycles. The van der Waals surface area contributed by atoms with Crippen molar-refractivity contribution in [2.75, 3.05) is 0 Å². The molecule has 110 valence electrons. The van der Waals surface area contributed by atoms with Gasteiger partial charge in [0.15, 0.2) is 0 Å². The molecule has 3 unspecified atom stereocenters. The van der Waals surface area contributed by atoms with Gasteiger partial charge in [-0.1, -0.05) is 40.5 Å². The Balaban J connectivity index is 2.00. The van der Waals surface area contributed by atoms with Crippen LogP contribution in [0.25, 0.3) is 0 Å². The van der Waals surface area contributed by atoms with Crippen molar-refractivity contribution in [1.82, 2.24) is 5.32 Å². The molecule has 0 aromatic heterocycles. The number of carbonyl (C=O) groups excluding carboxylic acids is 1. The fraction of sp³-hybridized carbons (Fsp3) is 0.938. The second kappa shape index (κ2) is 5.08. The summed E-state index contributed by atoms with van der Waals surface area (Å²) in [6, 6.07) is -0.0441. The fourth-order valence-corrected chi connectivity index (χ4v) is 4.47. The molecular weight excluding hydrogens is 236 g/mol. The fourth-order valence-electron chi connectivity index (χ4n) is 4.47. The van der Waals surface area contributed by atoms with E-state index in [1.54, 1.807) is 0 Å². The molecule has 0 aromatic rings. The van der Waals surface area contributed by atoms with Gasteiger partial charge in [-0.3, -0.25) is 4.79 Å². The normalized spacial score (nSPS) is 37.3. The van der Waals surface area contributed by atoms with Gasteiger partial charge in [-0.05, 0) is 42.4 Å². The zero-order valence-corrected chi connectivity index (χ0v) is 13.0. The lowest BCUT2D eigenvalue weighted by molar-refractivity contribution is -0.125. The Kier molecular flexibility index (Phi) is 3.97. The lowest BCUT2D eigenvalue weighted by Crippen LogP contribution is -2.55. The maximum atomic E-state index is 12.3. The molecule has 2 rings (SSSR count). The molecule has 2 fully saturated rings. The number of nitrogens with one attached hydrogen (secondary N) is 1. The molecule has 3 heteroatoms. The second-order valence-electron chi connectivity index (χ2n) is 7.61. The van der Waals surface area contributed by atoms with Crippen LogP contribution in [0.2, 0.25) is 0 Å². The first kappa shape index (κ1) is 14.8. The lowest BCUT2D eigenvalue weighted by atomic mass is 9.68. The quantitative estimate of drug-likeness (QED) is 0.804. The van der Waals surface area contributed by atoms with Crippen molar-refractivity contribution in [1.29, 1.82) is 0 Å². The molecular formula is C16H30N2O. The minimum absolute atomic E-state index is 0.0558. The van der Waals surface area contributed by atoms with E-state index in [-0.39, 0.29) is 22.8 Å². The van der Waals surface area contributed by atoms with Crippen LogP contribution in [0, 0.1) is 16.7 Å². The van der Waals surface area contributed by atoms with Gasteiger partial charge in [-0.2, -0.15) is 0 Å². The Labute approximate surface area is 117 Å². The van der Waals surface area contributed by atoms with Gasteiger partial charge in [0.2, 0.25) is 5.91 Å². The van der Waals surface area contributed by atoms with Crippen molar-refractivity contribution < 1.29 is 4.79 Å². The van der Waals surface area contributed by atoms with Crippen molar-refractivity contribution in [3.8, 4) is 0 Å². The van der Waals surface area contributed by atoms with Crippen LogP contribution >= 0.6 is 0 Å². The van der Waals surface area contributed by atoms with Crippen molar-refractivity contribution in [3.05, 3.63) is 0 Å². The molecule has 19 heavy (non-hydrogen) atoms. The van der Waals surface area contributed by atoms with Crippen molar-refractivity contribution >= 4 is 5.91 Å². The number of hydrogen-bond donors (Lipinski definition) is 2. The van der Waals surface area contributed by atoms with E-state index in [4.69, 9.17) is 5.73 Å². The molecule has 1 amide bonds. The summed E-state index contributed by atoms with van der Waals surface area (Å²) in [4.78, 5) is 12.3. The smallest absolute Gasteiger partial charge is 0.237 e. The number of hydrogen-bond acceptors (Lipinski definition) is 2. The Hall–Kier alpha value is -0.570. The van der Waals surface area contributed by atoms with Crippen molar-refractivity contribution in [2.45, 2.75) is 78.3 Å². The van der Waals surface area contributed by atoms with Gasteiger partial charge >= 0.3 is 0 Å². The lowest BCUT2D eigenvalue weighted by Gasteiger charge is -2.43. The van der Waals surface area contributed by atoms with E-state index < -0.39 is 0 Å². The molecule has 2 aliphatic carbocycles. The van der Waals surface area contributed by atoms with Gasteiger partial charge in [0.1, 0.15) is 0 Å². The van der Waals surface area contributed by atoms with E-state index in [1.165, 1.54) is 19.3 Å². The minimum atomic E-state index is -0.335. The summed E-state index contributed by atoms with van der Waals surface area (Å²) in [6.07, 6.45) is 6.75. The third-order valence-corrected chi connectivity index (χ3v) is 5.76. The first-order chi connectivity index (χ1) is 8.81. The Morgan fingerprint density at radius 2 is 2.11 bits per heavy atom. The highest BCUT2D eigenvalue weighted by Crippen LogP contribution is 2.62. The molecule has 3 N–H and O–H groups in total. The standard InChI is InChI=1S/C16H30N2O/c1-5-6-7-12(17)13(19)18-14-15(2,3)11-8-9-16(14,4)10-11/h11-12,14H,5-10,17H2,1-4H3,(H,18,19)/t11?,12-,14?,16?/m0/s1. The Bertz CT molecular complexity index is 348. The molecule has 0 aliphatic heterocycles. The van der Waals surface area contributed by atoms with Gasteiger partial charge < -0.3 is 11.1 Å². The van der Waals surface area contributed by atoms with Crippen LogP contribution in [0.3, 0.4) is 0 Å². The number of carbonyl (C=O) groups is 1. The topological polar surface area (TPSA) is 55.1 Å². The van der Waals surface area contributed by atoms with Crippen LogP contribution < -0.4 is 11.1 Å². The van der Waals surface area contributed by atoms with Crippen LogP contribution in [-0.4, -0.2) is 18.0 Å². The molecule has 2 saturated carbocycles. The number of nitrogens with two attached hydrogens (primary N) is 1. The monoisotopic (exact) mass is 266 g/mol. The molecule has 2 aliphatic rings. The summed E-state index contributed by atoms with van der Waals surface area (Å²) in [5, 5.41) is 3.29. The molecule has 0 saturated heterocycles. The van der Waals surface area contributed by atoms with Gasteiger partial charge in [0.25, 0.3) is 0 Å². The maximum absolute atomic E-state index is 12.3. The van der Waals surface area contributed by atoms with Gasteiger partial charge in [0, 0.05) is 6.04 Å². The zero-order chi connectivity index (χ0) is 14.3. The van der Waals surface area contributed by atoms with Crippen LogP contribution in [-0.2, 0) is 4.79 Å². The maximum Gasteiger partial charge on any atom is 0.237 e. The second-order valence-corrected chi connectivity index (χ2v) is 7.61. The first-order valence-corrected chi connectivity index (χ1v) is 7.87. The zero-order valence-electron chi connectivity index (χ0n) is 13.0. The molecule has 0 spiro atoms. The number of fused-ring (bicyclic) bond motifs is 2. The molecule has 0 radical (unpaired) electrons. The molecule has 0 aromatic carbocycles. The largest absolute Gasteiger partial charge is 0.351 e. The molecule has 4 atom stereocenters. The van der Waals surface area contributed by atoms with E-state index in [0.29, 0.717) is 6.04 Å². The van der Waals surface area contributed by atoms with Crippen LogP contribution in [0.15, 0.2) is 0 Å². The van der Waals surface area contributed by atoms with E-state index >= 15 is 0 Å². The van der Waals surface area contributed by atoms with Crippen LogP contribution in [0.5, 0.6) is 0 Å². The predicted octanol–water partition coefficient (Wildman–Crippen LogP) is 2.83. The summed E-state index contributed by atoms with van der Waals surface area (Å²) in [5.74, 6) is 0.815. The number of rotatable bonds is 5. The van der Waals surface area contributed by atoms with Crippen molar-refractivity contribution in [2.24, 2.45) is 22.5 Å². The average molecular weight is 266 g/mol. The summed E-state index contributed by atoms with van der Waals surface area (Å²) in [5.41, 5.74) is 6.50. The van der Waals surface area contributed by atoms with Crippen LogP contribution in [0.1, 0.15) is 66.2 Å². The first-order valence-electron chi connectivity index (χ1n) is 7.87. The highest BCUT2D eigenvalue weighted by atomic mass is 16.2. The van der Waals surface area contributed by atoms with Gasteiger partial charge in [-0.15, -0.1) is 0 Å². The number of amides is 1. The van der Waals surface area contributed by atoms with E-state index in [0.717, 1.165) is 25.2 Å². The Morgan fingerprint density at radius 1 is 1.42 bits per heavy atom. The summed E-state index contributed by atoms with van der Waals surface area (Å²) >= 11 is 0. The van der Waals surface area contributed by atoms with Crippen LogP contribution in [0.4, 0.5) is 0 Å². The summed E-state index contributed by atoms with van der Waals surface area (Å²) < 4.78 is 0. The van der Waals surface area contributed by atoms with E-state index in [2.05, 4.69) is 33.0 Å². The average Bonchev–Trinajstić information content (AvgIpc) is 2.82. The van der Waals surface area contributed by atoms with E-state index in [9.17, 15) is 4.79 Å². The summed E-state index contributed by atoms with van der Waals surface area (Å²) in [6.45, 7) is 9.09. The predicted molar refractivity (Wildman–Crippen MR) is 78.7 cm³/mol.